The lowest BCUT2D eigenvalue weighted by Crippen LogP contribution is -2.37. The smallest absolute Gasteiger partial charge is 0.324 e. The summed E-state index contributed by atoms with van der Waals surface area (Å²) in [5, 5.41) is 11.1. The minimum atomic E-state index is -1.27. The number of benzene rings is 2. The van der Waals surface area contributed by atoms with E-state index in [1.165, 1.54) is 41.3 Å². The monoisotopic (exact) mass is 680 g/mol. The van der Waals surface area contributed by atoms with E-state index in [-0.39, 0.29) is 27.6 Å². The van der Waals surface area contributed by atoms with Crippen LogP contribution in [0.1, 0.15) is 48.3 Å². The number of aromatic hydroxyl groups is 1. The highest BCUT2D eigenvalue weighted by molar-refractivity contribution is 6.34. The highest BCUT2D eigenvalue weighted by atomic mass is 35.5. The molecule has 12 nitrogen and oxygen atoms in total. The lowest BCUT2D eigenvalue weighted by atomic mass is 9.96. The minimum absolute atomic E-state index is 0.0382. The Labute approximate surface area is 278 Å². The second kappa shape index (κ2) is 17.3. The predicted octanol–water partition coefficient (Wildman–Crippen LogP) is 4.75. The van der Waals surface area contributed by atoms with Gasteiger partial charge in [0, 0.05) is 36.8 Å². The molecule has 0 spiro atoms. The summed E-state index contributed by atoms with van der Waals surface area (Å²) in [5.74, 6) is -1.98. The molecule has 3 N–H and O–H groups in total. The van der Waals surface area contributed by atoms with Crippen molar-refractivity contribution in [3.63, 3.8) is 0 Å². The molecule has 2 aliphatic rings. The molecule has 2 aliphatic heterocycles. The summed E-state index contributed by atoms with van der Waals surface area (Å²) in [6.07, 6.45) is 4.53. The van der Waals surface area contributed by atoms with E-state index in [1.54, 1.807) is 33.6 Å². The summed E-state index contributed by atoms with van der Waals surface area (Å²) in [7, 11) is 5.33. The fraction of sp³-hybridized carbons (Fsp3) is 0.469. The first-order valence-corrected chi connectivity index (χ1v) is 15.6. The molecule has 0 aliphatic carbocycles. The second-order valence-corrected chi connectivity index (χ2v) is 11.5. The average Bonchev–Trinajstić information content (AvgIpc) is 3.31. The molecule has 0 saturated carbocycles. The summed E-state index contributed by atoms with van der Waals surface area (Å²) in [6.45, 7) is 7.24. The molecular formula is C32H42Cl2N4O8. The molecule has 1 saturated heterocycles. The zero-order chi connectivity index (χ0) is 34.0. The number of ether oxygens (including phenoxy) is 4. The number of esters is 2. The fourth-order valence-corrected chi connectivity index (χ4v) is 5.96. The molecule has 5 rings (SSSR count). The molecule has 0 amide bonds. The van der Waals surface area contributed by atoms with Crippen molar-refractivity contribution in [3.8, 4) is 28.5 Å². The summed E-state index contributed by atoms with van der Waals surface area (Å²) < 4.78 is 23.0. The van der Waals surface area contributed by atoms with E-state index in [9.17, 15) is 19.5 Å². The van der Waals surface area contributed by atoms with Crippen LogP contribution in [0.2, 0.25) is 10.0 Å². The van der Waals surface area contributed by atoms with Crippen molar-refractivity contribution in [2.45, 2.75) is 58.5 Å². The molecule has 46 heavy (non-hydrogen) atoms. The zero-order valence-corrected chi connectivity index (χ0v) is 28.5. The average molecular weight is 682 g/mol. The largest absolute Gasteiger partial charge is 0.496 e. The maximum atomic E-state index is 12.6. The Hall–Kier alpha value is -3.71. The topological polar surface area (TPSA) is 142 Å². The van der Waals surface area contributed by atoms with E-state index >= 15 is 0 Å². The van der Waals surface area contributed by atoms with Gasteiger partial charge in [-0.15, -0.1) is 0 Å². The maximum absolute atomic E-state index is 12.6. The number of aryl methyl sites for hydroxylation is 2. The van der Waals surface area contributed by atoms with Crippen LogP contribution in [-0.4, -0.2) is 67.9 Å². The van der Waals surface area contributed by atoms with E-state index < -0.39 is 17.9 Å². The third kappa shape index (κ3) is 8.55. The van der Waals surface area contributed by atoms with Gasteiger partial charge in [0.25, 0.3) is 5.56 Å². The highest BCUT2D eigenvalue weighted by Gasteiger charge is 2.35. The fourth-order valence-electron chi connectivity index (χ4n) is 5.22. The van der Waals surface area contributed by atoms with Crippen LogP contribution in [0.4, 0.5) is 0 Å². The first-order chi connectivity index (χ1) is 22.0. The number of carbonyl (C=O) groups is 2. The minimum Gasteiger partial charge on any atom is -0.496 e. The van der Waals surface area contributed by atoms with Crippen LogP contribution in [-0.2, 0) is 32.2 Å². The third-order valence-electron chi connectivity index (χ3n) is 7.46. The van der Waals surface area contributed by atoms with Gasteiger partial charge in [-0.3, -0.25) is 29.9 Å². The SMILES string of the molecule is C1CCNNC1.COC(=O)C(C(=O)OC)c1c(Cl)cc(C)cc1OC.COc1cc(C)cc(Cl)c1-c1c(O)n2n(c1=O)CCCC2. The molecule has 0 radical (unpaired) electrons. The Balaban J connectivity index is 0.000000213. The third-order valence-corrected chi connectivity index (χ3v) is 8.07. The molecule has 0 bridgehead atoms. The summed E-state index contributed by atoms with van der Waals surface area (Å²) >= 11 is 12.4. The number of nitrogens with zero attached hydrogens (tertiary/aromatic N) is 2. The number of fused-ring (bicyclic) bond motifs is 1. The van der Waals surface area contributed by atoms with E-state index in [0.717, 1.165) is 37.1 Å². The molecule has 14 heteroatoms. The van der Waals surface area contributed by atoms with Crippen LogP contribution >= 0.6 is 23.2 Å². The Kier molecular flexibility index (Phi) is 13.8. The molecular weight excluding hydrogens is 639 g/mol. The van der Waals surface area contributed by atoms with Crippen molar-refractivity contribution >= 4 is 35.1 Å². The van der Waals surface area contributed by atoms with Crippen LogP contribution in [0.3, 0.4) is 0 Å². The number of hydrogen-bond donors (Lipinski definition) is 3. The maximum Gasteiger partial charge on any atom is 0.324 e. The standard InChI is InChI=1S/C15H17ClN2O3.C13H15ClO5.C4H10N2/c1-9-7-10(16)12(11(8-9)21-2)13-14(19)17-5-3-4-6-18(17)15(13)20;1-7-5-8(14)10(9(6-7)17-2)11(12(15)18-3)13(16)19-4;1-2-4-6-5-3-1/h7-8,19H,3-6H2,1-2H3;5-6,11H,1-4H3;5-6H,1-4H2. The number of nitrogens with one attached hydrogen (secondary N) is 2. The molecule has 2 aromatic carbocycles. The Bertz CT molecular complexity index is 1560. The predicted molar refractivity (Wildman–Crippen MR) is 176 cm³/mol. The van der Waals surface area contributed by atoms with Crippen LogP contribution in [0.25, 0.3) is 11.1 Å². The number of hydrogen-bond acceptors (Lipinski definition) is 10. The lowest BCUT2D eigenvalue weighted by molar-refractivity contribution is -0.154. The number of carbonyl (C=O) groups excluding carboxylic acids is 2. The van der Waals surface area contributed by atoms with Gasteiger partial charge < -0.3 is 24.1 Å². The molecule has 1 aromatic heterocycles. The normalized spacial score (nSPS) is 13.8. The van der Waals surface area contributed by atoms with E-state index in [0.29, 0.717) is 35.2 Å². The number of hydrazine groups is 1. The van der Waals surface area contributed by atoms with Gasteiger partial charge in [-0.25, -0.2) is 4.68 Å². The molecule has 252 valence electrons. The van der Waals surface area contributed by atoms with Gasteiger partial charge in [-0.05, 0) is 74.9 Å². The van der Waals surface area contributed by atoms with Crippen molar-refractivity contribution in [1.82, 2.24) is 20.2 Å². The quantitative estimate of drug-likeness (QED) is 0.247. The van der Waals surface area contributed by atoms with Gasteiger partial charge in [0.2, 0.25) is 5.88 Å². The van der Waals surface area contributed by atoms with Gasteiger partial charge in [-0.2, -0.15) is 0 Å². The van der Waals surface area contributed by atoms with Crippen molar-refractivity contribution < 1.29 is 33.6 Å². The number of aromatic nitrogens is 2. The molecule has 3 heterocycles. The van der Waals surface area contributed by atoms with Gasteiger partial charge in [0.15, 0.2) is 5.92 Å². The number of halogens is 2. The van der Waals surface area contributed by atoms with E-state index in [1.807, 2.05) is 13.8 Å². The molecule has 0 atom stereocenters. The highest BCUT2D eigenvalue weighted by Crippen LogP contribution is 2.41. The first kappa shape index (κ1) is 36.8. The van der Waals surface area contributed by atoms with E-state index in [2.05, 4.69) is 20.3 Å². The van der Waals surface area contributed by atoms with Crippen LogP contribution in [0.5, 0.6) is 17.4 Å². The zero-order valence-electron chi connectivity index (χ0n) is 27.0. The van der Waals surface area contributed by atoms with Crippen LogP contribution < -0.4 is 25.9 Å². The molecule has 0 unspecified atom stereocenters. The van der Waals surface area contributed by atoms with Crippen molar-refractivity contribution in [3.05, 3.63) is 61.4 Å². The van der Waals surface area contributed by atoms with Crippen molar-refractivity contribution in [1.29, 1.82) is 0 Å². The van der Waals surface area contributed by atoms with Gasteiger partial charge in [0.1, 0.15) is 17.1 Å². The van der Waals surface area contributed by atoms with E-state index in [4.69, 9.17) is 32.7 Å². The summed E-state index contributed by atoms with van der Waals surface area (Å²) in [4.78, 5) is 36.2. The number of methoxy groups -OCH3 is 4. The van der Waals surface area contributed by atoms with Crippen molar-refractivity contribution in [2.75, 3.05) is 41.5 Å². The Morgan fingerprint density at radius 3 is 1.72 bits per heavy atom. The first-order valence-electron chi connectivity index (χ1n) is 14.8. The van der Waals surface area contributed by atoms with Crippen molar-refractivity contribution in [2.24, 2.45) is 0 Å². The molecule has 1 fully saturated rings. The van der Waals surface area contributed by atoms with Crippen LogP contribution in [0, 0.1) is 13.8 Å². The number of rotatable bonds is 6. The lowest BCUT2D eigenvalue weighted by Gasteiger charge is -2.18. The summed E-state index contributed by atoms with van der Waals surface area (Å²) in [5.41, 5.74) is 8.55. The van der Waals surface area contributed by atoms with Gasteiger partial charge >= 0.3 is 11.9 Å². The Morgan fingerprint density at radius 2 is 1.26 bits per heavy atom. The van der Waals surface area contributed by atoms with Gasteiger partial charge in [0.05, 0.1) is 39.0 Å². The summed E-state index contributed by atoms with van der Waals surface area (Å²) in [6, 6.07) is 6.89. The Morgan fingerprint density at radius 1 is 0.761 bits per heavy atom. The molecule has 3 aromatic rings. The van der Waals surface area contributed by atoms with Crippen LogP contribution in [0.15, 0.2) is 29.1 Å². The van der Waals surface area contributed by atoms with Gasteiger partial charge in [-0.1, -0.05) is 23.2 Å². The second-order valence-electron chi connectivity index (χ2n) is 10.7.